The Morgan fingerprint density at radius 3 is 2.59 bits per heavy atom. The van der Waals surface area contributed by atoms with Crippen molar-refractivity contribution in [3.63, 3.8) is 0 Å². The molecule has 2 amide bonds. The van der Waals surface area contributed by atoms with Gasteiger partial charge in [-0.3, -0.25) is 19.7 Å². The lowest BCUT2D eigenvalue weighted by molar-refractivity contribution is -0.384. The molecule has 0 aliphatic carbocycles. The van der Waals surface area contributed by atoms with E-state index < -0.39 is 29.7 Å². The SMILES string of the molecule is O=C(c1cc(Br)cc([N+](=O)[O-])c1N[C@@H]1CCCN(C(=O)[C@H]2CNCC(F)(F)C2)C1)N1CCC2(CCCO2)CC1. The third kappa shape index (κ3) is 6.19. The Morgan fingerprint density at radius 1 is 1.15 bits per heavy atom. The number of nitrogens with one attached hydrogen (secondary N) is 2. The van der Waals surface area contributed by atoms with Gasteiger partial charge in [-0.05, 0) is 44.6 Å². The summed E-state index contributed by atoms with van der Waals surface area (Å²) in [4.78, 5) is 41.6. The molecule has 4 aliphatic heterocycles. The molecule has 0 unspecified atom stereocenters. The van der Waals surface area contributed by atoms with Crippen LogP contribution in [0.2, 0.25) is 0 Å². The van der Waals surface area contributed by atoms with Crippen LogP contribution in [0.5, 0.6) is 0 Å². The molecule has 214 valence electrons. The Bertz CT molecular complexity index is 1120. The van der Waals surface area contributed by atoms with Gasteiger partial charge in [-0.15, -0.1) is 0 Å². The molecule has 0 saturated carbocycles. The number of carbonyl (C=O) groups excluding carboxylic acids is 2. The van der Waals surface area contributed by atoms with Crippen molar-refractivity contribution in [2.24, 2.45) is 5.92 Å². The van der Waals surface area contributed by atoms with Crippen molar-refractivity contribution < 1.29 is 28.0 Å². The second-order valence-corrected chi connectivity index (χ2v) is 12.1. The molecule has 13 heteroatoms. The Hall–Kier alpha value is -2.38. The largest absolute Gasteiger partial charge is 0.375 e. The standard InChI is InChI=1S/C26H34BrF2N5O5/c27-18-11-20(24(36)32-8-5-25(6-9-32)4-2-10-39-25)22(21(12-18)34(37)38)31-19-3-1-7-33(15-19)23(35)17-13-26(28,29)16-30-14-17/h11-12,17,19,30-31H,1-10,13-16H2/t17-,19-/m1/s1. The van der Waals surface area contributed by atoms with Gasteiger partial charge in [-0.1, -0.05) is 15.9 Å². The van der Waals surface area contributed by atoms with Crippen molar-refractivity contribution in [2.45, 2.75) is 62.5 Å². The number of nitrogens with zero attached hydrogens (tertiary/aromatic N) is 3. The van der Waals surface area contributed by atoms with E-state index in [9.17, 15) is 28.5 Å². The quantitative estimate of drug-likeness (QED) is 0.383. The van der Waals surface area contributed by atoms with E-state index in [1.807, 2.05) is 0 Å². The molecule has 0 aromatic heterocycles. The topological polar surface area (TPSA) is 117 Å². The number of piperidine rings is 3. The van der Waals surface area contributed by atoms with Crippen LogP contribution >= 0.6 is 15.9 Å². The first-order chi connectivity index (χ1) is 18.6. The molecule has 0 bridgehead atoms. The number of benzene rings is 1. The molecular weight excluding hydrogens is 580 g/mol. The molecule has 4 heterocycles. The Kier molecular flexibility index (Phi) is 8.12. The monoisotopic (exact) mass is 613 g/mol. The van der Waals surface area contributed by atoms with Crippen LogP contribution in [0.4, 0.5) is 20.2 Å². The number of rotatable bonds is 5. The molecule has 1 aromatic rings. The van der Waals surface area contributed by atoms with Crippen molar-refractivity contribution in [2.75, 3.05) is 51.2 Å². The fourth-order valence-corrected chi connectivity index (χ4v) is 6.81. The number of anilines is 1. The molecule has 2 atom stereocenters. The zero-order valence-electron chi connectivity index (χ0n) is 21.7. The third-order valence-corrected chi connectivity index (χ3v) is 8.86. The molecule has 4 saturated heterocycles. The molecule has 1 aromatic carbocycles. The van der Waals surface area contributed by atoms with Crippen molar-refractivity contribution in [3.8, 4) is 0 Å². The molecule has 5 rings (SSSR count). The number of carbonyl (C=O) groups is 2. The highest BCUT2D eigenvalue weighted by Gasteiger charge is 2.42. The van der Waals surface area contributed by atoms with E-state index in [-0.39, 0.29) is 53.5 Å². The first kappa shape index (κ1) is 28.2. The lowest BCUT2D eigenvalue weighted by atomic mass is 9.88. The van der Waals surface area contributed by atoms with Gasteiger partial charge in [0.1, 0.15) is 5.69 Å². The minimum Gasteiger partial charge on any atom is -0.375 e. The number of likely N-dealkylation sites (tertiary alicyclic amines) is 2. The van der Waals surface area contributed by atoms with Crippen LogP contribution in [-0.4, -0.2) is 90.0 Å². The number of ether oxygens (including phenoxy) is 1. The minimum atomic E-state index is -2.93. The minimum absolute atomic E-state index is 0.121. The Balaban J connectivity index is 1.33. The van der Waals surface area contributed by atoms with Crippen molar-refractivity contribution in [1.29, 1.82) is 0 Å². The zero-order chi connectivity index (χ0) is 27.8. The van der Waals surface area contributed by atoms with E-state index in [2.05, 4.69) is 26.6 Å². The van der Waals surface area contributed by atoms with Gasteiger partial charge in [0.05, 0.1) is 28.6 Å². The highest BCUT2D eigenvalue weighted by Crippen LogP contribution is 2.39. The zero-order valence-corrected chi connectivity index (χ0v) is 23.3. The number of hydrogen-bond acceptors (Lipinski definition) is 7. The molecule has 39 heavy (non-hydrogen) atoms. The van der Waals surface area contributed by atoms with Crippen molar-refractivity contribution in [1.82, 2.24) is 15.1 Å². The van der Waals surface area contributed by atoms with Gasteiger partial charge in [0.2, 0.25) is 5.91 Å². The summed E-state index contributed by atoms with van der Waals surface area (Å²) in [7, 11) is 0. The summed E-state index contributed by atoms with van der Waals surface area (Å²) in [5, 5.41) is 17.9. The van der Waals surface area contributed by atoms with E-state index in [0.29, 0.717) is 36.9 Å². The number of halogens is 3. The highest BCUT2D eigenvalue weighted by atomic mass is 79.9. The number of nitro groups is 1. The van der Waals surface area contributed by atoms with E-state index >= 15 is 0 Å². The number of nitro benzene ring substituents is 1. The Morgan fingerprint density at radius 2 is 1.92 bits per heavy atom. The van der Waals surface area contributed by atoms with Gasteiger partial charge in [0.15, 0.2) is 0 Å². The maximum absolute atomic E-state index is 13.9. The summed E-state index contributed by atoms with van der Waals surface area (Å²) in [6.45, 7) is 2.16. The van der Waals surface area contributed by atoms with Gasteiger partial charge in [-0.25, -0.2) is 8.78 Å². The fourth-order valence-electron chi connectivity index (χ4n) is 6.36. The van der Waals surface area contributed by atoms with Crippen LogP contribution in [0.1, 0.15) is 55.3 Å². The summed E-state index contributed by atoms with van der Waals surface area (Å²) in [5.41, 5.74) is -0.0913. The van der Waals surface area contributed by atoms with Crippen molar-refractivity contribution in [3.05, 3.63) is 32.3 Å². The molecule has 4 fully saturated rings. The fraction of sp³-hybridized carbons (Fsp3) is 0.692. The molecule has 4 aliphatic rings. The van der Waals surface area contributed by atoms with E-state index in [1.165, 1.54) is 6.07 Å². The average molecular weight is 614 g/mol. The average Bonchev–Trinajstić information content (AvgIpc) is 3.36. The number of amides is 2. The molecular formula is C26H34BrF2N5O5. The van der Waals surface area contributed by atoms with Crippen molar-refractivity contribution >= 4 is 39.1 Å². The number of hydrogen-bond donors (Lipinski definition) is 2. The van der Waals surface area contributed by atoms with Gasteiger partial charge in [0.25, 0.3) is 17.5 Å². The van der Waals surface area contributed by atoms with Gasteiger partial charge >= 0.3 is 0 Å². The lowest BCUT2D eigenvalue weighted by Crippen LogP contribution is -2.53. The smallest absolute Gasteiger partial charge is 0.294 e. The number of alkyl halides is 2. The van der Waals surface area contributed by atoms with Crippen LogP contribution in [0.25, 0.3) is 0 Å². The predicted molar refractivity (Wildman–Crippen MR) is 143 cm³/mol. The molecule has 2 N–H and O–H groups in total. The second-order valence-electron chi connectivity index (χ2n) is 11.2. The molecule has 10 nitrogen and oxygen atoms in total. The Labute approximate surface area is 234 Å². The van der Waals surface area contributed by atoms with Crippen LogP contribution in [0, 0.1) is 16.0 Å². The summed E-state index contributed by atoms with van der Waals surface area (Å²) in [6.07, 6.45) is 4.19. The van der Waals surface area contributed by atoms with Crippen LogP contribution in [-0.2, 0) is 9.53 Å². The normalized spacial score (nSPS) is 26.4. The highest BCUT2D eigenvalue weighted by molar-refractivity contribution is 9.10. The molecule has 1 spiro atoms. The van der Waals surface area contributed by atoms with E-state index in [4.69, 9.17) is 4.74 Å². The lowest BCUT2D eigenvalue weighted by Gasteiger charge is -2.39. The maximum atomic E-state index is 13.9. The third-order valence-electron chi connectivity index (χ3n) is 8.41. The van der Waals surface area contributed by atoms with Gasteiger partial charge in [0, 0.05) is 62.3 Å². The van der Waals surface area contributed by atoms with E-state index in [1.54, 1.807) is 15.9 Å². The summed E-state index contributed by atoms with van der Waals surface area (Å²) >= 11 is 3.32. The van der Waals surface area contributed by atoms with E-state index in [0.717, 1.165) is 32.3 Å². The van der Waals surface area contributed by atoms with Crippen LogP contribution < -0.4 is 10.6 Å². The van der Waals surface area contributed by atoms with Gasteiger partial charge in [-0.2, -0.15) is 0 Å². The summed E-state index contributed by atoms with van der Waals surface area (Å²) < 4.78 is 34.2. The predicted octanol–water partition coefficient (Wildman–Crippen LogP) is 3.79. The summed E-state index contributed by atoms with van der Waals surface area (Å²) in [6, 6.07) is 2.58. The molecule has 0 radical (unpaired) electrons. The van der Waals surface area contributed by atoms with Gasteiger partial charge < -0.3 is 25.2 Å². The maximum Gasteiger partial charge on any atom is 0.294 e. The summed E-state index contributed by atoms with van der Waals surface area (Å²) in [5.74, 6) is -4.39. The second kappa shape index (κ2) is 11.2. The first-order valence-corrected chi connectivity index (χ1v) is 14.4. The van der Waals surface area contributed by atoms with Crippen LogP contribution in [0.3, 0.4) is 0 Å². The van der Waals surface area contributed by atoms with Crippen LogP contribution in [0.15, 0.2) is 16.6 Å². The first-order valence-electron chi connectivity index (χ1n) is 13.6.